The lowest BCUT2D eigenvalue weighted by Crippen LogP contribution is -2.12. The van der Waals surface area contributed by atoms with Gasteiger partial charge in [0.15, 0.2) is 0 Å². The third-order valence-corrected chi connectivity index (χ3v) is 6.14. The zero-order valence-electron chi connectivity index (χ0n) is 9.56. The van der Waals surface area contributed by atoms with Crippen LogP contribution in [-0.2, 0) is 16.6 Å². The van der Waals surface area contributed by atoms with Crippen LogP contribution in [-0.4, -0.2) is 8.42 Å². The maximum absolute atomic E-state index is 13.0. The molecule has 0 spiro atoms. The first-order valence-corrected chi connectivity index (χ1v) is 8.57. The summed E-state index contributed by atoms with van der Waals surface area (Å²) in [5, 5.41) is 0. The average molecular weight is 412 g/mol. The first-order valence-electron chi connectivity index (χ1n) is 5.19. The fraction of sp³-hybridized carbons (Fsp3) is 0.0909. The third-order valence-electron chi connectivity index (χ3n) is 2.28. The second-order valence-electron chi connectivity index (χ2n) is 3.65. The monoisotopic (exact) mass is 412 g/mol. The van der Waals surface area contributed by atoms with Gasteiger partial charge in [-0.25, -0.2) is 12.8 Å². The van der Waals surface area contributed by atoms with E-state index in [2.05, 4.69) is 4.72 Å². The molecule has 0 bridgehead atoms. The summed E-state index contributed by atoms with van der Waals surface area (Å²) in [6.45, 7) is 0.300. The Morgan fingerprint density at radius 1 is 1.32 bits per heavy atom. The van der Waals surface area contributed by atoms with Crippen LogP contribution in [0.25, 0.3) is 0 Å². The molecule has 2 rings (SSSR count). The Labute approximate surface area is 128 Å². The SMILES string of the molecule is NCc1ccc(S(=O)(=O)Nc2ccc(F)cc2I)s1. The van der Waals surface area contributed by atoms with Crippen LogP contribution in [0.2, 0.25) is 0 Å². The van der Waals surface area contributed by atoms with Crippen molar-refractivity contribution in [1.82, 2.24) is 0 Å². The van der Waals surface area contributed by atoms with E-state index < -0.39 is 15.8 Å². The number of hydrogen-bond acceptors (Lipinski definition) is 4. The van der Waals surface area contributed by atoms with Gasteiger partial charge in [0, 0.05) is 15.0 Å². The maximum Gasteiger partial charge on any atom is 0.271 e. The Hall–Kier alpha value is -0.710. The minimum absolute atomic E-state index is 0.188. The van der Waals surface area contributed by atoms with Crippen LogP contribution in [0, 0.1) is 9.39 Å². The van der Waals surface area contributed by atoms with Gasteiger partial charge in [0.25, 0.3) is 10.0 Å². The summed E-state index contributed by atoms with van der Waals surface area (Å²) in [7, 11) is -3.65. The molecule has 0 unspecified atom stereocenters. The molecule has 8 heteroatoms. The largest absolute Gasteiger partial charge is 0.326 e. The summed E-state index contributed by atoms with van der Waals surface area (Å²) in [6, 6.07) is 7.05. The van der Waals surface area contributed by atoms with Crippen LogP contribution in [0.1, 0.15) is 4.88 Å². The quantitative estimate of drug-likeness (QED) is 0.759. The van der Waals surface area contributed by atoms with Crippen molar-refractivity contribution in [2.75, 3.05) is 4.72 Å². The van der Waals surface area contributed by atoms with Crippen molar-refractivity contribution < 1.29 is 12.8 Å². The van der Waals surface area contributed by atoms with Crippen molar-refractivity contribution in [2.45, 2.75) is 10.8 Å². The van der Waals surface area contributed by atoms with Crippen LogP contribution in [0.5, 0.6) is 0 Å². The highest BCUT2D eigenvalue weighted by Gasteiger charge is 2.18. The van der Waals surface area contributed by atoms with Crippen LogP contribution in [0.4, 0.5) is 10.1 Å². The van der Waals surface area contributed by atoms with Crippen molar-refractivity contribution in [3.05, 3.63) is 44.6 Å². The van der Waals surface area contributed by atoms with E-state index in [1.54, 1.807) is 6.07 Å². The number of sulfonamides is 1. The average Bonchev–Trinajstić information content (AvgIpc) is 2.82. The first-order chi connectivity index (χ1) is 8.92. The molecule has 0 aliphatic rings. The number of nitrogens with one attached hydrogen (secondary N) is 1. The molecule has 0 radical (unpaired) electrons. The second-order valence-corrected chi connectivity index (χ2v) is 7.89. The standard InChI is InChI=1S/C11H10FIN2O2S2/c12-7-1-3-10(9(13)5-7)15-19(16,17)11-4-2-8(6-14)18-11/h1-5,15H,6,14H2. The number of benzene rings is 1. The second kappa shape index (κ2) is 5.73. The van der Waals surface area contributed by atoms with E-state index in [0.717, 1.165) is 16.2 Å². The molecule has 1 aromatic heterocycles. The van der Waals surface area contributed by atoms with E-state index in [4.69, 9.17) is 5.73 Å². The Bertz CT molecular complexity index is 700. The Balaban J connectivity index is 2.30. The van der Waals surface area contributed by atoms with Crippen LogP contribution < -0.4 is 10.5 Å². The van der Waals surface area contributed by atoms with E-state index in [9.17, 15) is 12.8 Å². The van der Waals surface area contributed by atoms with E-state index in [-0.39, 0.29) is 4.21 Å². The number of hydrogen-bond donors (Lipinski definition) is 2. The van der Waals surface area contributed by atoms with Gasteiger partial charge in [-0.1, -0.05) is 0 Å². The molecule has 4 nitrogen and oxygen atoms in total. The van der Waals surface area contributed by atoms with Gasteiger partial charge in [0.1, 0.15) is 10.0 Å². The molecule has 0 fully saturated rings. The highest BCUT2D eigenvalue weighted by molar-refractivity contribution is 14.1. The zero-order valence-corrected chi connectivity index (χ0v) is 13.4. The van der Waals surface area contributed by atoms with Gasteiger partial charge in [-0.3, -0.25) is 4.72 Å². The summed E-state index contributed by atoms with van der Waals surface area (Å²) in [6.07, 6.45) is 0. The van der Waals surface area contributed by atoms with Crippen molar-refractivity contribution in [3.63, 3.8) is 0 Å². The maximum atomic E-state index is 13.0. The van der Waals surface area contributed by atoms with Crippen molar-refractivity contribution in [2.24, 2.45) is 5.73 Å². The summed E-state index contributed by atoms with van der Waals surface area (Å²) in [5.74, 6) is -0.408. The van der Waals surface area contributed by atoms with Crippen LogP contribution in [0.15, 0.2) is 34.5 Å². The summed E-state index contributed by atoms with van der Waals surface area (Å²) < 4.78 is 40.3. The van der Waals surface area contributed by atoms with Gasteiger partial charge in [0.05, 0.1) is 5.69 Å². The number of thiophene rings is 1. The molecule has 19 heavy (non-hydrogen) atoms. The van der Waals surface area contributed by atoms with Gasteiger partial charge >= 0.3 is 0 Å². The van der Waals surface area contributed by atoms with Crippen molar-refractivity contribution in [3.8, 4) is 0 Å². The molecule has 0 aliphatic carbocycles. The van der Waals surface area contributed by atoms with E-state index in [1.807, 2.05) is 22.6 Å². The highest BCUT2D eigenvalue weighted by atomic mass is 127. The Morgan fingerprint density at radius 2 is 2.05 bits per heavy atom. The molecular weight excluding hydrogens is 402 g/mol. The minimum atomic E-state index is -3.65. The zero-order chi connectivity index (χ0) is 14.0. The van der Waals surface area contributed by atoms with Gasteiger partial charge < -0.3 is 5.73 Å². The molecule has 1 heterocycles. The smallest absolute Gasteiger partial charge is 0.271 e. The van der Waals surface area contributed by atoms with Crippen molar-refractivity contribution >= 4 is 49.6 Å². The van der Waals surface area contributed by atoms with E-state index >= 15 is 0 Å². The van der Waals surface area contributed by atoms with Gasteiger partial charge in [0.2, 0.25) is 0 Å². The molecule has 1 aromatic carbocycles. The normalized spacial score (nSPS) is 11.5. The Kier molecular flexibility index (Phi) is 4.43. The van der Waals surface area contributed by atoms with Gasteiger partial charge in [-0.15, -0.1) is 11.3 Å². The van der Waals surface area contributed by atoms with Crippen molar-refractivity contribution in [1.29, 1.82) is 0 Å². The Morgan fingerprint density at radius 3 is 2.63 bits per heavy atom. The molecule has 0 saturated carbocycles. The summed E-state index contributed by atoms with van der Waals surface area (Å²) in [5.41, 5.74) is 5.80. The predicted molar refractivity (Wildman–Crippen MR) is 82.1 cm³/mol. The lowest BCUT2D eigenvalue weighted by Gasteiger charge is -2.08. The lowest BCUT2D eigenvalue weighted by molar-refractivity contribution is 0.603. The van der Waals surface area contributed by atoms with E-state index in [1.165, 1.54) is 24.3 Å². The molecule has 0 saturated heterocycles. The van der Waals surface area contributed by atoms with Gasteiger partial charge in [-0.2, -0.15) is 0 Å². The molecule has 3 N–H and O–H groups in total. The predicted octanol–water partition coefficient (Wildman–Crippen LogP) is 2.75. The minimum Gasteiger partial charge on any atom is -0.326 e. The molecule has 0 atom stereocenters. The molecule has 2 aromatic rings. The number of halogens is 2. The van der Waals surface area contributed by atoms with Crippen LogP contribution >= 0.6 is 33.9 Å². The lowest BCUT2D eigenvalue weighted by atomic mass is 10.3. The number of nitrogens with two attached hydrogens (primary N) is 1. The van der Waals surface area contributed by atoms with Crippen LogP contribution in [0.3, 0.4) is 0 Å². The van der Waals surface area contributed by atoms with Gasteiger partial charge in [-0.05, 0) is 52.9 Å². The van der Waals surface area contributed by atoms with E-state index in [0.29, 0.717) is 15.8 Å². The third kappa shape index (κ3) is 3.44. The number of anilines is 1. The highest BCUT2D eigenvalue weighted by Crippen LogP contribution is 2.26. The molecule has 0 amide bonds. The molecule has 102 valence electrons. The topological polar surface area (TPSA) is 72.2 Å². The summed E-state index contributed by atoms with van der Waals surface area (Å²) in [4.78, 5) is 0.786. The molecular formula is C11H10FIN2O2S2. The first kappa shape index (κ1) is 14.7. The fourth-order valence-electron chi connectivity index (χ4n) is 1.38. The number of rotatable bonds is 4. The molecule has 0 aliphatic heterocycles. The summed E-state index contributed by atoms with van der Waals surface area (Å²) >= 11 is 2.99. The fourth-order valence-corrected chi connectivity index (χ4v) is 4.49.